The lowest BCUT2D eigenvalue weighted by Gasteiger charge is -2.07. The molecule has 26 heavy (non-hydrogen) atoms. The Labute approximate surface area is 175 Å². The quantitative estimate of drug-likeness (QED) is 0.305. The number of halogens is 1. The van der Waals surface area contributed by atoms with Gasteiger partial charge in [-0.3, -0.25) is 0 Å². The molecule has 3 aromatic rings. The molecule has 0 spiro atoms. The molecular formula is C20H23IN4S. The molecule has 0 amide bonds. The number of hydrogen-bond acceptors (Lipinski definition) is 3. The van der Waals surface area contributed by atoms with Crippen molar-refractivity contribution < 1.29 is 0 Å². The number of aryl methyl sites for hydroxylation is 3. The topological polar surface area (TPSA) is 63.3 Å². The maximum Gasteiger partial charge on any atom is 0.193 e. The zero-order valence-corrected chi connectivity index (χ0v) is 18.3. The number of thiazole rings is 1. The Morgan fingerprint density at radius 2 is 1.73 bits per heavy atom. The first-order valence-electron chi connectivity index (χ1n) is 8.18. The second-order valence-electron chi connectivity index (χ2n) is 6.10. The summed E-state index contributed by atoms with van der Waals surface area (Å²) in [5.41, 5.74) is 11.5. The molecule has 0 unspecified atom stereocenters. The fourth-order valence-corrected chi connectivity index (χ4v) is 3.66. The summed E-state index contributed by atoms with van der Waals surface area (Å²) in [5.74, 6) is 0.416. The van der Waals surface area contributed by atoms with Gasteiger partial charge in [-0.1, -0.05) is 36.4 Å². The van der Waals surface area contributed by atoms with E-state index in [0.29, 0.717) is 12.5 Å². The third-order valence-corrected chi connectivity index (χ3v) is 4.99. The summed E-state index contributed by atoms with van der Waals surface area (Å²) in [7, 11) is 0. The molecule has 0 atom stereocenters. The molecule has 6 heteroatoms. The van der Waals surface area contributed by atoms with E-state index < -0.39 is 0 Å². The molecule has 4 nitrogen and oxygen atoms in total. The van der Waals surface area contributed by atoms with Gasteiger partial charge in [-0.15, -0.1) is 35.3 Å². The molecule has 0 aliphatic carbocycles. The molecule has 3 N–H and O–H groups in total. The molecule has 0 fully saturated rings. The number of nitrogens with one attached hydrogen (secondary N) is 1. The van der Waals surface area contributed by atoms with Gasteiger partial charge in [-0.05, 0) is 44.0 Å². The van der Waals surface area contributed by atoms with Gasteiger partial charge in [0.15, 0.2) is 5.96 Å². The van der Waals surface area contributed by atoms with Crippen LogP contribution in [0.4, 0.5) is 5.69 Å². The van der Waals surface area contributed by atoms with E-state index in [1.54, 1.807) is 11.3 Å². The van der Waals surface area contributed by atoms with E-state index in [-0.39, 0.29) is 24.0 Å². The van der Waals surface area contributed by atoms with E-state index in [4.69, 9.17) is 5.73 Å². The number of hydrogen-bond donors (Lipinski definition) is 2. The van der Waals surface area contributed by atoms with Crippen molar-refractivity contribution in [2.75, 3.05) is 5.32 Å². The molecule has 1 heterocycles. The number of guanidine groups is 1. The highest BCUT2D eigenvalue weighted by molar-refractivity contribution is 14.0. The van der Waals surface area contributed by atoms with Crippen molar-refractivity contribution in [2.45, 2.75) is 27.3 Å². The van der Waals surface area contributed by atoms with Gasteiger partial charge in [0.1, 0.15) is 5.01 Å². The molecule has 1 aromatic heterocycles. The van der Waals surface area contributed by atoms with Crippen LogP contribution >= 0.6 is 35.3 Å². The van der Waals surface area contributed by atoms with Crippen molar-refractivity contribution in [3.8, 4) is 10.6 Å². The normalized spacial score (nSPS) is 11.1. The molecule has 0 aliphatic rings. The second-order valence-corrected chi connectivity index (χ2v) is 7.18. The van der Waals surface area contributed by atoms with E-state index in [2.05, 4.69) is 59.5 Å². The van der Waals surface area contributed by atoms with Gasteiger partial charge in [0, 0.05) is 16.1 Å². The number of anilines is 1. The van der Waals surface area contributed by atoms with E-state index >= 15 is 0 Å². The molecule has 3 rings (SSSR count). The minimum absolute atomic E-state index is 0. The lowest BCUT2D eigenvalue weighted by Crippen LogP contribution is -2.22. The van der Waals surface area contributed by atoms with Crippen LogP contribution in [0.3, 0.4) is 0 Å². The van der Waals surface area contributed by atoms with E-state index in [1.165, 1.54) is 11.1 Å². The van der Waals surface area contributed by atoms with Crippen LogP contribution < -0.4 is 11.1 Å². The molecule has 0 radical (unpaired) electrons. The Morgan fingerprint density at radius 3 is 2.38 bits per heavy atom. The third-order valence-electron chi connectivity index (χ3n) is 3.80. The maximum atomic E-state index is 6.04. The highest BCUT2D eigenvalue weighted by Gasteiger charge is 2.09. The van der Waals surface area contributed by atoms with Crippen LogP contribution in [0, 0.1) is 20.8 Å². The second kappa shape index (κ2) is 9.14. The van der Waals surface area contributed by atoms with Crippen LogP contribution in [-0.2, 0) is 6.54 Å². The molecular weight excluding hydrogens is 455 g/mol. The van der Waals surface area contributed by atoms with Crippen molar-refractivity contribution in [1.82, 2.24) is 4.98 Å². The van der Waals surface area contributed by atoms with Crippen molar-refractivity contribution in [1.29, 1.82) is 0 Å². The summed E-state index contributed by atoms with van der Waals surface area (Å²) in [6, 6.07) is 16.4. The average Bonchev–Trinajstić information content (AvgIpc) is 2.94. The summed E-state index contributed by atoms with van der Waals surface area (Å²) in [4.78, 5) is 10.3. The summed E-state index contributed by atoms with van der Waals surface area (Å²) in [5, 5.41) is 4.18. The van der Waals surface area contributed by atoms with Crippen LogP contribution in [0.2, 0.25) is 0 Å². The highest BCUT2D eigenvalue weighted by Crippen LogP contribution is 2.28. The Balaban J connectivity index is 0.00000243. The van der Waals surface area contributed by atoms with Crippen LogP contribution in [0.25, 0.3) is 10.6 Å². The van der Waals surface area contributed by atoms with Crippen molar-refractivity contribution in [2.24, 2.45) is 10.7 Å². The van der Waals surface area contributed by atoms with Gasteiger partial charge >= 0.3 is 0 Å². The summed E-state index contributed by atoms with van der Waals surface area (Å²) < 4.78 is 0. The molecule has 0 saturated heterocycles. The highest BCUT2D eigenvalue weighted by atomic mass is 127. The molecule has 0 saturated carbocycles. The smallest absolute Gasteiger partial charge is 0.193 e. The van der Waals surface area contributed by atoms with Gasteiger partial charge in [0.25, 0.3) is 0 Å². The number of rotatable bonds is 4. The van der Waals surface area contributed by atoms with Crippen LogP contribution in [0.15, 0.2) is 53.5 Å². The summed E-state index contributed by atoms with van der Waals surface area (Å²) in [6.45, 7) is 6.68. The SMILES string of the molecule is Cc1cc(C)cc(NC(N)=NCc2sc(-c3ccccc3)nc2C)c1.I. The fraction of sp³-hybridized carbons (Fsp3) is 0.200. The minimum atomic E-state index is 0. The Hall–Kier alpha value is -1.93. The van der Waals surface area contributed by atoms with E-state index in [9.17, 15) is 0 Å². The van der Waals surface area contributed by atoms with Crippen molar-refractivity contribution in [3.05, 3.63) is 70.2 Å². The number of aliphatic imine (C=N–C) groups is 1. The zero-order valence-electron chi connectivity index (χ0n) is 15.1. The van der Waals surface area contributed by atoms with Gasteiger partial charge in [0.2, 0.25) is 0 Å². The van der Waals surface area contributed by atoms with Crippen molar-refractivity contribution >= 4 is 47.0 Å². The average molecular weight is 478 g/mol. The van der Waals surface area contributed by atoms with Crippen molar-refractivity contribution in [3.63, 3.8) is 0 Å². The zero-order chi connectivity index (χ0) is 17.8. The molecule has 2 aromatic carbocycles. The minimum Gasteiger partial charge on any atom is -0.370 e. The van der Waals surface area contributed by atoms with E-state index in [1.807, 2.05) is 25.1 Å². The largest absolute Gasteiger partial charge is 0.370 e. The number of nitrogens with zero attached hydrogens (tertiary/aromatic N) is 2. The van der Waals surface area contributed by atoms with Crippen LogP contribution in [0.1, 0.15) is 21.7 Å². The molecule has 0 bridgehead atoms. The first kappa shape index (κ1) is 20.4. The number of nitrogens with two attached hydrogens (primary N) is 1. The first-order valence-corrected chi connectivity index (χ1v) is 9.00. The number of benzene rings is 2. The van der Waals surface area contributed by atoms with Gasteiger partial charge in [-0.25, -0.2) is 9.98 Å². The standard InChI is InChI=1S/C20H22N4S.HI/c1-13-9-14(2)11-17(10-13)24-20(21)22-12-18-15(3)23-19(25-18)16-7-5-4-6-8-16;/h4-11H,12H2,1-3H3,(H3,21,22,24);1H. The Kier molecular flexibility index (Phi) is 7.16. The predicted molar refractivity (Wildman–Crippen MR) is 123 cm³/mol. The lowest BCUT2D eigenvalue weighted by atomic mass is 10.1. The van der Waals surface area contributed by atoms with Crippen LogP contribution in [0.5, 0.6) is 0 Å². The maximum absolute atomic E-state index is 6.04. The Morgan fingerprint density at radius 1 is 1.08 bits per heavy atom. The molecule has 136 valence electrons. The van der Waals surface area contributed by atoms with Gasteiger partial charge in [-0.2, -0.15) is 0 Å². The van der Waals surface area contributed by atoms with Crippen LogP contribution in [-0.4, -0.2) is 10.9 Å². The van der Waals surface area contributed by atoms with Gasteiger partial charge in [0.05, 0.1) is 12.2 Å². The molecule has 0 aliphatic heterocycles. The monoisotopic (exact) mass is 478 g/mol. The fourth-order valence-electron chi connectivity index (χ4n) is 2.67. The Bertz CT molecular complexity index is 883. The third kappa shape index (κ3) is 5.28. The lowest BCUT2D eigenvalue weighted by molar-refractivity contribution is 1.05. The predicted octanol–water partition coefficient (Wildman–Crippen LogP) is 5.28. The summed E-state index contributed by atoms with van der Waals surface area (Å²) >= 11 is 1.66. The van der Waals surface area contributed by atoms with E-state index in [0.717, 1.165) is 26.8 Å². The first-order chi connectivity index (χ1) is 12.0. The van der Waals surface area contributed by atoms with Gasteiger partial charge < -0.3 is 11.1 Å². The number of aromatic nitrogens is 1. The summed E-state index contributed by atoms with van der Waals surface area (Å²) in [6.07, 6.45) is 0.